The molecule has 5 nitrogen and oxygen atoms in total. The van der Waals surface area contributed by atoms with Crippen LogP contribution in [0.5, 0.6) is 0 Å². The van der Waals surface area contributed by atoms with Crippen molar-refractivity contribution in [1.82, 2.24) is 10.2 Å². The fourth-order valence-electron chi connectivity index (χ4n) is 2.36. The number of carbonyl (C=O) groups is 2. The summed E-state index contributed by atoms with van der Waals surface area (Å²) in [5.74, 6) is -0.873. The summed E-state index contributed by atoms with van der Waals surface area (Å²) in [6.07, 6.45) is 4.57. The number of nitrogens with zero attached hydrogens (tertiary/aromatic N) is 1. The second-order valence-corrected chi connectivity index (χ2v) is 6.02. The molecule has 1 aliphatic rings. The van der Waals surface area contributed by atoms with Gasteiger partial charge >= 0.3 is 12.0 Å². The van der Waals surface area contributed by atoms with Crippen LogP contribution in [-0.4, -0.2) is 40.1 Å². The van der Waals surface area contributed by atoms with Crippen molar-refractivity contribution < 1.29 is 14.7 Å². The summed E-state index contributed by atoms with van der Waals surface area (Å²) >= 11 is 0. The molecular weight excluding hydrogens is 256 g/mol. The molecule has 0 aromatic carbocycles. The van der Waals surface area contributed by atoms with E-state index in [9.17, 15) is 14.7 Å². The maximum atomic E-state index is 12.5. The summed E-state index contributed by atoms with van der Waals surface area (Å²) in [4.78, 5) is 25.7. The average Bonchev–Trinajstić information content (AvgIpc) is 3.22. The lowest BCUT2D eigenvalue weighted by Gasteiger charge is -2.34. The van der Waals surface area contributed by atoms with E-state index < -0.39 is 11.5 Å². The minimum atomic E-state index is -1.13. The number of unbranched alkanes of at least 4 members (excludes halogenated alkanes) is 1. The number of aliphatic carboxylic acids is 1. The molecule has 0 aromatic heterocycles. The first-order chi connectivity index (χ1) is 9.36. The molecule has 0 heterocycles. The van der Waals surface area contributed by atoms with Crippen LogP contribution in [0.15, 0.2) is 0 Å². The average molecular weight is 284 g/mol. The Bertz CT molecular complexity index is 355. The Hall–Kier alpha value is -1.26. The van der Waals surface area contributed by atoms with Gasteiger partial charge in [-0.1, -0.05) is 20.3 Å². The van der Waals surface area contributed by atoms with Gasteiger partial charge in [0.2, 0.25) is 0 Å². The predicted octanol–water partition coefficient (Wildman–Crippen LogP) is 2.85. The minimum absolute atomic E-state index is 0.0638. The quantitative estimate of drug-likeness (QED) is 0.720. The van der Waals surface area contributed by atoms with Crippen molar-refractivity contribution in [2.45, 2.75) is 71.4 Å². The first-order valence-electron chi connectivity index (χ1n) is 7.68. The Morgan fingerprint density at radius 3 is 2.40 bits per heavy atom. The maximum absolute atomic E-state index is 12.5. The monoisotopic (exact) mass is 284 g/mol. The maximum Gasteiger partial charge on any atom is 0.329 e. The zero-order valence-corrected chi connectivity index (χ0v) is 13.1. The molecule has 2 N–H and O–H groups in total. The number of carboxylic acid groups (broad SMARTS) is 1. The summed E-state index contributed by atoms with van der Waals surface area (Å²) in [5.41, 5.74) is -1.13. The van der Waals surface area contributed by atoms with Crippen molar-refractivity contribution >= 4 is 12.0 Å². The van der Waals surface area contributed by atoms with Crippen molar-refractivity contribution in [3.8, 4) is 0 Å². The molecule has 1 aliphatic carbocycles. The second-order valence-electron chi connectivity index (χ2n) is 6.02. The van der Waals surface area contributed by atoms with Crippen LogP contribution in [0.2, 0.25) is 0 Å². The van der Waals surface area contributed by atoms with E-state index >= 15 is 0 Å². The van der Waals surface area contributed by atoms with Gasteiger partial charge in [-0.3, -0.25) is 0 Å². The van der Waals surface area contributed by atoms with Gasteiger partial charge in [0, 0.05) is 12.6 Å². The van der Waals surface area contributed by atoms with E-state index in [0.29, 0.717) is 6.54 Å². The third-order valence-corrected chi connectivity index (χ3v) is 4.34. The van der Waals surface area contributed by atoms with Crippen LogP contribution < -0.4 is 5.32 Å². The molecule has 0 radical (unpaired) electrons. The molecule has 0 aromatic rings. The Kier molecular flexibility index (Phi) is 5.84. The molecule has 0 bridgehead atoms. The molecular formula is C15H28N2O3. The van der Waals surface area contributed by atoms with Crippen LogP contribution in [0.3, 0.4) is 0 Å². The third kappa shape index (κ3) is 3.87. The Labute approximate surface area is 121 Å². The van der Waals surface area contributed by atoms with Crippen LogP contribution in [0, 0.1) is 5.92 Å². The molecule has 0 aliphatic heterocycles. The second kappa shape index (κ2) is 6.95. The largest absolute Gasteiger partial charge is 0.480 e. The minimum Gasteiger partial charge on any atom is -0.480 e. The van der Waals surface area contributed by atoms with Crippen LogP contribution >= 0.6 is 0 Å². The van der Waals surface area contributed by atoms with E-state index in [1.807, 2.05) is 13.8 Å². The SMILES string of the molecule is CCCCN(C(=O)NC(C)(C(=O)O)C1CC1)C(C)CC. The van der Waals surface area contributed by atoms with Gasteiger partial charge < -0.3 is 15.3 Å². The van der Waals surface area contributed by atoms with Gasteiger partial charge in [0.15, 0.2) is 0 Å². The summed E-state index contributed by atoms with van der Waals surface area (Å²) in [7, 11) is 0. The third-order valence-electron chi connectivity index (χ3n) is 4.34. The van der Waals surface area contributed by atoms with Gasteiger partial charge in [-0.05, 0) is 45.4 Å². The number of carbonyl (C=O) groups excluding carboxylic acids is 1. The summed E-state index contributed by atoms with van der Waals surface area (Å²) < 4.78 is 0. The van der Waals surface area contributed by atoms with E-state index in [2.05, 4.69) is 12.2 Å². The highest BCUT2D eigenvalue weighted by molar-refractivity contribution is 5.86. The van der Waals surface area contributed by atoms with E-state index in [1.54, 1.807) is 11.8 Å². The van der Waals surface area contributed by atoms with E-state index in [4.69, 9.17) is 0 Å². The van der Waals surface area contributed by atoms with Crippen molar-refractivity contribution in [1.29, 1.82) is 0 Å². The molecule has 1 fully saturated rings. The topological polar surface area (TPSA) is 69.6 Å². The number of nitrogens with one attached hydrogen (secondary N) is 1. The van der Waals surface area contributed by atoms with E-state index in [-0.39, 0.29) is 18.0 Å². The normalized spacial score (nSPS) is 19.0. The summed E-state index contributed by atoms with van der Waals surface area (Å²) in [5, 5.41) is 12.2. The molecule has 1 saturated carbocycles. The van der Waals surface area contributed by atoms with Crippen molar-refractivity contribution in [2.24, 2.45) is 5.92 Å². The van der Waals surface area contributed by atoms with Crippen LogP contribution in [0.4, 0.5) is 4.79 Å². The zero-order valence-electron chi connectivity index (χ0n) is 13.1. The first-order valence-corrected chi connectivity index (χ1v) is 7.68. The van der Waals surface area contributed by atoms with Crippen LogP contribution in [0.25, 0.3) is 0 Å². The number of urea groups is 1. The summed E-state index contributed by atoms with van der Waals surface area (Å²) in [6, 6.07) is -0.122. The first kappa shape index (κ1) is 16.8. The lowest BCUT2D eigenvalue weighted by atomic mass is 9.96. The molecule has 0 spiro atoms. The lowest BCUT2D eigenvalue weighted by Crippen LogP contribution is -2.58. The fourth-order valence-corrected chi connectivity index (χ4v) is 2.36. The van der Waals surface area contributed by atoms with Crippen molar-refractivity contribution in [2.75, 3.05) is 6.54 Å². The number of rotatable bonds is 8. The van der Waals surface area contributed by atoms with E-state index in [1.165, 1.54) is 0 Å². The predicted molar refractivity (Wildman–Crippen MR) is 78.7 cm³/mol. The highest BCUT2D eigenvalue weighted by atomic mass is 16.4. The highest BCUT2D eigenvalue weighted by Crippen LogP contribution is 2.39. The smallest absolute Gasteiger partial charge is 0.329 e. The highest BCUT2D eigenvalue weighted by Gasteiger charge is 2.49. The van der Waals surface area contributed by atoms with Crippen molar-refractivity contribution in [3.63, 3.8) is 0 Å². The number of amides is 2. The fraction of sp³-hybridized carbons (Fsp3) is 0.867. The number of carboxylic acids is 1. The Morgan fingerprint density at radius 2 is 2.00 bits per heavy atom. The standard InChI is InChI=1S/C15H28N2O3/c1-5-7-10-17(11(3)6-2)14(20)16-15(4,13(18)19)12-8-9-12/h11-12H,5-10H2,1-4H3,(H,16,20)(H,18,19). The van der Waals surface area contributed by atoms with Crippen LogP contribution in [-0.2, 0) is 4.79 Å². The van der Waals surface area contributed by atoms with Gasteiger partial charge in [0.25, 0.3) is 0 Å². The molecule has 0 saturated heterocycles. The molecule has 1 rings (SSSR count). The van der Waals surface area contributed by atoms with Gasteiger partial charge in [0.1, 0.15) is 5.54 Å². The van der Waals surface area contributed by atoms with Crippen LogP contribution in [0.1, 0.15) is 59.8 Å². The molecule has 2 unspecified atom stereocenters. The Balaban J connectivity index is 2.75. The summed E-state index contributed by atoms with van der Waals surface area (Å²) in [6.45, 7) is 8.42. The number of hydrogen-bond acceptors (Lipinski definition) is 2. The van der Waals surface area contributed by atoms with Gasteiger partial charge in [-0.25, -0.2) is 9.59 Å². The molecule has 5 heteroatoms. The van der Waals surface area contributed by atoms with Crippen molar-refractivity contribution in [3.05, 3.63) is 0 Å². The molecule has 20 heavy (non-hydrogen) atoms. The Morgan fingerprint density at radius 1 is 1.40 bits per heavy atom. The molecule has 2 atom stereocenters. The zero-order chi connectivity index (χ0) is 15.3. The van der Waals surface area contributed by atoms with E-state index in [0.717, 1.165) is 32.1 Å². The van der Waals surface area contributed by atoms with Gasteiger partial charge in [0.05, 0.1) is 0 Å². The lowest BCUT2D eigenvalue weighted by molar-refractivity contribution is -0.144. The van der Waals surface area contributed by atoms with Gasteiger partial charge in [-0.2, -0.15) is 0 Å². The van der Waals surface area contributed by atoms with Gasteiger partial charge in [-0.15, -0.1) is 0 Å². The molecule has 2 amide bonds. The number of hydrogen-bond donors (Lipinski definition) is 2. The molecule has 116 valence electrons.